The Bertz CT molecular complexity index is 1230. The molecule has 2 aromatic rings. The van der Waals surface area contributed by atoms with Crippen molar-refractivity contribution in [2.24, 2.45) is 10.9 Å². The Hall–Kier alpha value is -3.12. The van der Waals surface area contributed by atoms with Gasteiger partial charge in [0.25, 0.3) is 0 Å². The molecule has 1 spiro atoms. The molecular formula is C28H30N2O4. The molecule has 2 fully saturated rings. The summed E-state index contributed by atoms with van der Waals surface area (Å²) in [5.41, 5.74) is 3.70. The first-order valence-electron chi connectivity index (χ1n) is 12.4. The third kappa shape index (κ3) is 3.04. The molecule has 0 saturated carbocycles. The predicted molar refractivity (Wildman–Crippen MR) is 128 cm³/mol. The first-order valence-corrected chi connectivity index (χ1v) is 12.4. The maximum absolute atomic E-state index is 13.2. The van der Waals surface area contributed by atoms with Crippen LogP contribution in [0.3, 0.4) is 0 Å². The lowest BCUT2D eigenvalue weighted by molar-refractivity contribution is -0.995. The van der Waals surface area contributed by atoms with Crippen LogP contribution >= 0.6 is 0 Å². The van der Waals surface area contributed by atoms with Crippen LogP contribution in [0.4, 0.5) is 5.69 Å². The first-order chi connectivity index (χ1) is 16.4. The quantitative estimate of drug-likeness (QED) is 0.381. The van der Waals surface area contributed by atoms with E-state index < -0.39 is 11.9 Å². The van der Waals surface area contributed by atoms with Gasteiger partial charge in [0.1, 0.15) is 5.75 Å². The second-order valence-electron chi connectivity index (χ2n) is 10.3. The Morgan fingerprint density at radius 2 is 1.94 bits per heavy atom. The van der Waals surface area contributed by atoms with E-state index in [4.69, 9.17) is 9.47 Å². The molecular weight excluding hydrogens is 428 g/mol. The fraction of sp³-hybridized carbons (Fsp3) is 0.429. The van der Waals surface area contributed by atoms with Crippen LogP contribution in [0.1, 0.15) is 60.5 Å². The molecule has 2 aromatic carbocycles. The summed E-state index contributed by atoms with van der Waals surface area (Å²) in [5, 5.41) is 13.2. The van der Waals surface area contributed by atoms with E-state index in [0.717, 1.165) is 59.4 Å². The number of hydrogen-bond acceptors (Lipinski definition) is 5. The van der Waals surface area contributed by atoms with E-state index in [-0.39, 0.29) is 5.72 Å². The van der Waals surface area contributed by atoms with Crippen molar-refractivity contribution < 1.29 is 23.9 Å². The number of allylic oxidation sites excluding steroid dienone is 1. The number of ether oxygens (including phenoxy) is 2. The van der Waals surface area contributed by atoms with Gasteiger partial charge in [-0.2, -0.15) is 0 Å². The Morgan fingerprint density at radius 3 is 2.76 bits per heavy atom. The highest BCUT2D eigenvalue weighted by Gasteiger charge is 2.61. The van der Waals surface area contributed by atoms with E-state index in [0.29, 0.717) is 22.8 Å². The van der Waals surface area contributed by atoms with E-state index in [1.165, 1.54) is 19.3 Å². The highest BCUT2D eigenvalue weighted by molar-refractivity contribution is 6.28. The molecule has 6 heteroatoms. The maximum atomic E-state index is 13.2. The molecule has 34 heavy (non-hydrogen) atoms. The van der Waals surface area contributed by atoms with Crippen LogP contribution in [0.2, 0.25) is 0 Å². The van der Waals surface area contributed by atoms with E-state index in [2.05, 4.69) is 12.0 Å². The number of esters is 1. The van der Waals surface area contributed by atoms with E-state index in [1.807, 2.05) is 18.2 Å². The van der Waals surface area contributed by atoms with Crippen LogP contribution in [0.5, 0.6) is 5.75 Å². The number of benzene rings is 2. The number of carbonyl (C=O) groups is 1. The minimum absolute atomic E-state index is 0.184. The number of nitrogens with zero attached hydrogens (tertiary/aromatic N) is 2. The second kappa shape index (κ2) is 7.70. The zero-order valence-corrected chi connectivity index (χ0v) is 19.8. The summed E-state index contributed by atoms with van der Waals surface area (Å²) in [4.78, 5) is 17.2. The average Bonchev–Trinajstić information content (AvgIpc) is 3.18. The van der Waals surface area contributed by atoms with Gasteiger partial charge in [0.2, 0.25) is 11.7 Å². The third-order valence-corrected chi connectivity index (χ3v) is 8.48. The molecule has 3 atom stereocenters. The Morgan fingerprint density at radius 1 is 1.15 bits per heavy atom. The van der Waals surface area contributed by atoms with Gasteiger partial charge in [0, 0.05) is 34.4 Å². The SMILES string of the molecule is CC1=Nc2ccc3c(c2/C1=C(\[O-])OC(=O)c1ccccc1)CC1CCC[N+]2(C)CCCCC12O3. The summed E-state index contributed by atoms with van der Waals surface area (Å²) < 4.78 is 13.2. The molecule has 0 bridgehead atoms. The molecule has 0 aliphatic carbocycles. The van der Waals surface area contributed by atoms with Crippen LogP contribution in [0.25, 0.3) is 5.57 Å². The molecule has 0 N–H and O–H groups in total. The highest BCUT2D eigenvalue weighted by Crippen LogP contribution is 2.54. The maximum Gasteiger partial charge on any atom is 0.246 e. The normalized spacial score (nSPS) is 30.6. The zero-order chi connectivity index (χ0) is 23.5. The van der Waals surface area contributed by atoms with Gasteiger partial charge in [0.05, 0.1) is 37.7 Å². The van der Waals surface area contributed by atoms with Crippen LogP contribution in [0, 0.1) is 5.92 Å². The summed E-state index contributed by atoms with van der Waals surface area (Å²) in [6, 6.07) is 12.5. The number of carbonyl (C=O) groups excluding carboxylic acids is 1. The molecule has 2 saturated heterocycles. The molecule has 0 aromatic heterocycles. The number of aliphatic imine (C=N–C) groups is 1. The summed E-state index contributed by atoms with van der Waals surface area (Å²) in [6.07, 6.45) is 6.69. The number of fused-ring (bicyclic) bond motifs is 3. The monoisotopic (exact) mass is 458 g/mol. The van der Waals surface area contributed by atoms with E-state index >= 15 is 0 Å². The number of quaternary nitrogens is 1. The van der Waals surface area contributed by atoms with Crippen molar-refractivity contribution in [3.63, 3.8) is 0 Å². The third-order valence-electron chi connectivity index (χ3n) is 8.48. The lowest BCUT2D eigenvalue weighted by Gasteiger charge is -2.60. The number of rotatable bonds is 2. The molecule has 0 amide bonds. The van der Waals surface area contributed by atoms with Gasteiger partial charge < -0.3 is 14.6 Å². The minimum Gasteiger partial charge on any atom is -0.548 e. The molecule has 0 radical (unpaired) electrons. The van der Waals surface area contributed by atoms with Gasteiger partial charge in [-0.15, -0.1) is 0 Å². The van der Waals surface area contributed by atoms with Gasteiger partial charge >= 0.3 is 0 Å². The van der Waals surface area contributed by atoms with Crippen molar-refractivity contribution in [3.05, 3.63) is 65.1 Å². The van der Waals surface area contributed by atoms with Crippen molar-refractivity contribution in [2.75, 3.05) is 20.1 Å². The summed E-state index contributed by atoms with van der Waals surface area (Å²) >= 11 is 0. The smallest absolute Gasteiger partial charge is 0.246 e. The highest BCUT2D eigenvalue weighted by atomic mass is 16.6. The summed E-state index contributed by atoms with van der Waals surface area (Å²) in [7, 11) is 2.36. The standard InChI is InChI=1S/C28H30N2O4/c1-18-24(27(32)33-26(31)19-9-4-3-5-10-19)25-21-17-20-11-8-16-30(2)15-7-6-14-28(20,30)34-23(21)13-12-22(25)29-18/h3-5,9-10,12-13,20H,6-8,11,14-17H2,1-2H3. The van der Waals surface area contributed by atoms with Gasteiger partial charge in [-0.1, -0.05) is 30.3 Å². The van der Waals surface area contributed by atoms with Crippen LogP contribution in [-0.4, -0.2) is 42.0 Å². The topological polar surface area (TPSA) is 71.0 Å². The van der Waals surface area contributed by atoms with Gasteiger partial charge in [0.15, 0.2) is 0 Å². The fourth-order valence-electron chi connectivity index (χ4n) is 6.82. The second-order valence-corrected chi connectivity index (χ2v) is 10.3. The predicted octanol–water partition coefficient (Wildman–Crippen LogP) is 4.35. The molecule has 3 unspecified atom stereocenters. The van der Waals surface area contributed by atoms with Crippen LogP contribution < -0.4 is 9.84 Å². The van der Waals surface area contributed by atoms with Gasteiger partial charge in [-0.25, -0.2) is 0 Å². The van der Waals surface area contributed by atoms with Crippen LogP contribution in [0.15, 0.2) is 53.4 Å². The van der Waals surface area contributed by atoms with Crippen LogP contribution in [-0.2, 0) is 11.2 Å². The molecule has 4 aliphatic heterocycles. The average molecular weight is 459 g/mol. The fourth-order valence-corrected chi connectivity index (χ4v) is 6.82. The minimum atomic E-state index is -0.651. The van der Waals surface area contributed by atoms with Crippen molar-refractivity contribution in [3.8, 4) is 5.75 Å². The number of piperidine rings is 2. The van der Waals surface area contributed by atoms with Gasteiger partial charge in [-0.3, -0.25) is 14.3 Å². The molecule has 6 rings (SSSR count). The largest absolute Gasteiger partial charge is 0.548 e. The summed E-state index contributed by atoms with van der Waals surface area (Å²) in [5.74, 6) is -0.0474. The van der Waals surface area contributed by atoms with E-state index in [9.17, 15) is 9.90 Å². The summed E-state index contributed by atoms with van der Waals surface area (Å²) in [6.45, 7) is 4.12. The van der Waals surface area contributed by atoms with E-state index in [1.54, 1.807) is 31.2 Å². The zero-order valence-electron chi connectivity index (χ0n) is 19.8. The lowest BCUT2D eigenvalue weighted by Crippen LogP contribution is -2.74. The van der Waals surface area contributed by atoms with Crippen molar-refractivity contribution in [1.29, 1.82) is 0 Å². The molecule has 4 heterocycles. The Labute approximate surface area is 200 Å². The molecule has 176 valence electrons. The Kier molecular flexibility index (Phi) is 4.85. The molecule has 6 nitrogen and oxygen atoms in total. The Balaban J connectivity index is 1.41. The molecule has 4 aliphatic rings. The number of hydrogen-bond donors (Lipinski definition) is 0. The lowest BCUT2D eigenvalue weighted by atomic mass is 9.72. The van der Waals surface area contributed by atoms with Crippen molar-refractivity contribution in [2.45, 2.75) is 51.2 Å². The van der Waals surface area contributed by atoms with Crippen molar-refractivity contribution >= 4 is 22.9 Å². The van der Waals surface area contributed by atoms with Crippen molar-refractivity contribution in [1.82, 2.24) is 0 Å². The van der Waals surface area contributed by atoms with Gasteiger partial charge in [-0.05, 0) is 51.2 Å². The first kappa shape index (κ1) is 21.4.